The Bertz CT molecular complexity index is 1600. The molecule has 4 aromatic carbocycles. The minimum atomic E-state index is -0.448. The number of esters is 1. The number of hydrogen-bond donors (Lipinski definition) is 2. The van der Waals surface area contributed by atoms with E-state index in [1.807, 2.05) is 54.6 Å². The largest absolute Gasteiger partial charge is 0.497 e. The molecule has 0 spiro atoms. The zero-order chi connectivity index (χ0) is 30.1. The second kappa shape index (κ2) is 14.2. The first-order chi connectivity index (χ1) is 20.3. The molecule has 0 aromatic heterocycles. The van der Waals surface area contributed by atoms with Crippen molar-refractivity contribution in [2.24, 2.45) is 0 Å². The van der Waals surface area contributed by atoms with Crippen molar-refractivity contribution < 1.29 is 28.6 Å². The third-order valence-corrected chi connectivity index (χ3v) is 7.58. The van der Waals surface area contributed by atoms with E-state index in [1.165, 1.54) is 6.92 Å². The van der Waals surface area contributed by atoms with Crippen LogP contribution in [0.4, 0.5) is 5.69 Å². The number of carbonyl (C=O) groups is 3. The molecule has 0 atom stereocenters. The van der Waals surface area contributed by atoms with Crippen molar-refractivity contribution in [1.29, 1.82) is 0 Å². The van der Waals surface area contributed by atoms with Gasteiger partial charge in [0.15, 0.2) is 0 Å². The second-order valence-corrected chi connectivity index (χ2v) is 10.3. The predicted molar refractivity (Wildman–Crippen MR) is 164 cm³/mol. The summed E-state index contributed by atoms with van der Waals surface area (Å²) >= 11 is 1.55. The van der Waals surface area contributed by atoms with E-state index in [-0.39, 0.29) is 11.8 Å². The van der Waals surface area contributed by atoms with Crippen LogP contribution < -0.4 is 24.8 Å². The van der Waals surface area contributed by atoms with Gasteiger partial charge in [-0.25, -0.2) is 0 Å². The van der Waals surface area contributed by atoms with Gasteiger partial charge >= 0.3 is 5.97 Å². The van der Waals surface area contributed by atoms with E-state index in [0.717, 1.165) is 16.0 Å². The van der Waals surface area contributed by atoms with Gasteiger partial charge < -0.3 is 24.8 Å². The number of carbonyl (C=O) groups excluding carboxylic acids is 3. The van der Waals surface area contributed by atoms with Crippen LogP contribution in [-0.2, 0) is 17.1 Å². The van der Waals surface area contributed by atoms with E-state index >= 15 is 0 Å². The van der Waals surface area contributed by atoms with Gasteiger partial charge in [0.05, 0.1) is 19.9 Å². The number of rotatable bonds is 11. The summed E-state index contributed by atoms with van der Waals surface area (Å²) in [6.07, 6.45) is 0. The smallest absolute Gasteiger partial charge is 0.308 e. The zero-order valence-electron chi connectivity index (χ0n) is 23.9. The van der Waals surface area contributed by atoms with Gasteiger partial charge in [-0.1, -0.05) is 30.3 Å². The van der Waals surface area contributed by atoms with E-state index in [0.29, 0.717) is 51.9 Å². The molecule has 0 saturated heterocycles. The average molecular weight is 585 g/mol. The van der Waals surface area contributed by atoms with E-state index in [9.17, 15) is 14.4 Å². The fraction of sp³-hybridized carbons (Fsp3) is 0.182. The maximum Gasteiger partial charge on any atom is 0.308 e. The van der Waals surface area contributed by atoms with Crippen LogP contribution in [-0.4, -0.2) is 32.0 Å². The summed E-state index contributed by atoms with van der Waals surface area (Å²) in [7, 11) is 3.17. The molecule has 42 heavy (non-hydrogen) atoms. The lowest BCUT2D eigenvalue weighted by Gasteiger charge is -2.14. The van der Waals surface area contributed by atoms with Gasteiger partial charge in [-0.05, 0) is 61.0 Å². The molecule has 0 aliphatic heterocycles. The van der Waals surface area contributed by atoms with Crippen LogP contribution in [0.5, 0.6) is 17.2 Å². The number of para-hydroxylation sites is 1. The average Bonchev–Trinajstić information content (AvgIpc) is 3.00. The van der Waals surface area contributed by atoms with Crippen LogP contribution in [0.15, 0.2) is 89.8 Å². The molecule has 9 heteroatoms. The summed E-state index contributed by atoms with van der Waals surface area (Å²) in [5, 5.41) is 5.93. The van der Waals surface area contributed by atoms with Crippen LogP contribution in [0.25, 0.3) is 0 Å². The second-order valence-electron chi connectivity index (χ2n) is 9.32. The van der Waals surface area contributed by atoms with Crippen molar-refractivity contribution in [2.75, 3.05) is 19.5 Å². The Morgan fingerprint density at radius 1 is 0.810 bits per heavy atom. The Morgan fingerprint density at radius 2 is 1.60 bits per heavy atom. The molecule has 0 radical (unpaired) electrons. The van der Waals surface area contributed by atoms with Crippen molar-refractivity contribution in [3.05, 3.63) is 113 Å². The van der Waals surface area contributed by atoms with E-state index in [4.69, 9.17) is 14.2 Å². The molecule has 216 valence electrons. The predicted octanol–water partition coefficient (Wildman–Crippen LogP) is 6.41. The third kappa shape index (κ3) is 7.70. The molecular formula is C33H32N2O6S. The number of thioether (sulfide) groups is 1. The molecule has 0 bridgehead atoms. The normalized spacial score (nSPS) is 10.5. The number of ether oxygens (including phenoxy) is 3. The summed E-state index contributed by atoms with van der Waals surface area (Å²) in [4.78, 5) is 38.3. The van der Waals surface area contributed by atoms with Crippen LogP contribution in [0, 0.1) is 6.92 Å². The highest BCUT2D eigenvalue weighted by Crippen LogP contribution is 2.31. The van der Waals surface area contributed by atoms with E-state index in [1.54, 1.807) is 63.2 Å². The van der Waals surface area contributed by atoms with Crippen molar-refractivity contribution in [3.63, 3.8) is 0 Å². The SMILES string of the molecule is COc1ccc(CNC(=O)c2cccc(CSc3ccccc3NC(=O)c3cccc(OC(C)=O)c3C)c2)c(OC)c1. The van der Waals surface area contributed by atoms with E-state index in [2.05, 4.69) is 10.6 Å². The summed E-state index contributed by atoms with van der Waals surface area (Å²) in [6.45, 7) is 3.37. The molecule has 0 unspecified atom stereocenters. The first-order valence-corrected chi connectivity index (χ1v) is 14.2. The quantitative estimate of drug-likeness (QED) is 0.119. The van der Waals surface area contributed by atoms with Crippen molar-refractivity contribution in [2.45, 2.75) is 31.0 Å². The molecule has 0 heterocycles. The van der Waals surface area contributed by atoms with Crippen molar-refractivity contribution in [1.82, 2.24) is 5.32 Å². The molecule has 2 N–H and O–H groups in total. The number of methoxy groups -OCH3 is 2. The monoisotopic (exact) mass is 584 g/mol. The van der Waals surface area contributed by atoms with E-state index < -0.39 is 5.97 Å². The lowest BCUT2D eigenvalue weighted by Crippen LogP contribution is -2.23. The van der Waals surface area contributed by atoms with Crippen LogP contribution in [0.2, 0.25) is 0 Å². The number of benzene rings is 4. The molecule has 4 aromatic rings. The highest BCUT2D eigenvalue weighted by molar-refractivity contribution is 7.98. The van der Waals surface area contributed by atoms with Gasteiger partial charge in [-0.2, -0.15) is 0 Å². The molecule has 0 saturated carbocycles. The van der Waals surface area contributed by atoms with Gasteiger partial charge in [-0.15, -0.1) is 11.8 Å². The highest BCUT2D eigenvalue weighted by atomic mass is 32.2. The minimum Gasteiger partial charge on any atom is -0.497 e. The Kier molecular flexibility index (Phi) is 10.2. The van der Waals surface area contributed by atoms with Gasteiger partial charge in [0.25, 0.3) is 11.8 Å². The summed E-state index contributed by atoms with van der Waals surface area (Å²) in [5.41, 5.74) is 4.00. The maximum absolute atomic E-state index is 13.1. The zero-order valence-corrected chi connectivity index (χ0v) is 24.7. The van der Waals surface area contributed by atoms with Crippen LogP contribution >= 0.6 is 11.8 Å². The summed E-state index contributed by atoms with van der Waals surface area (Å²) in [6, 6.07) is 25.5. The van der Waals surface area contributed by atoms with Gasteiger partial charge in [-0.3, -0.25) is 14.4 Å². The lowest BCUT2D eigenvalue weighted by atomic mass is 10.1. The fourth-order valence-corrected chi connectivity index (χ4v) is 5.20. The summed E-state index contributed by atoms with van der Waals surface area (Å²) < 4.78 is 15.9. The Labute approximate surface area is 249 Å². The van der Waals surface area contributed by atoms with Crippen LogP contribution in [0.1, 0.15) is 44.3 Å². The molecular weight excluding hydrogens is 552 g/mol. The van der Waals surface area contributed by atoms with Gasteiger partial charge in [0.1, 0.15) is 17.2 Å². The molecule has 2 amide bonds. The van der Waals surface area contributed by atoms with Crippen molar-refractivity contribution in [3.8, 4) is 17.2 Å². The van der Waals surface area contributed by atoms with Crippen molar-refractivity contribution >= 4 is 35.2 Å². The van der Waals surface area contributed by atoms with Gasteiger partial charge in [0, 0.05) is 52.4 Å². The molecule has 0 aliphatic carbocycles. The number of amides is 2. The first-order valence-electron chi connectivity index (χ1n) is 13.2. The third-order valence-electron chi connectivity index (χ3n) is 6.43. The number of nitrogens with one attached hydrogen (secondary N) is 2. The highest BCUT2D eigenvalue weighted by Gasteiger charge is 2.16. The van der Waals surface area contributed by atoms with Crippen LogP contribution in [0.3, 0.4) is 0 Å². The molecule has 4 rings (SSSR count). The maximum atomic E-state index is 13.1. The fourth-order valence-electron chi connectivity index (χ4n) is 4.25. The Balaban J connectivity index is 1.41. The first kappa shape index (κ1) is 30.2. The molecule has 0 fully saturated rings. The Hall–Kier alpha value is -4.76. The standard InChI is InChI=1S/C33H32N2O6S/c1-21-27(11-8-13-29(21)41-22(2)36)33(38)35-28-12-5-6-14-31(28)42-20-23-9-7-10-24(17-23)32(37)34-19-25-15-16-26(39-3)18-30(25)40-4/h5-18H,19-20H2,1-4H3,(H,34,37)(H,35,38). The topological polar surface area (TPSA) is 103 Å². The number of hydrogen-bond acceptors (Lipinski definition) is 7. The minimum absolute atomic E-state index is 0.196. The van der Waals surface area contributed by atoms with Gasteiger partial charge in [0.2, 0.25) is 0 Å². The number of anilines is 1. The lowest BCUT2D eigenvalue weighted by molar-refractivity contribution is -0.131. The summed E-state index contributed by atoms with van der Waals surface area (Å²) in [5.74, 6) is 1.30. The molecule has 0 aliphatic rings. The molecule has 8 nitrogen and oxygen atoms in total. The Morgan fingerprint density at radius 3 is 2.36 bits per heavy atom.